The third kappa shape index (κ3) is 1.35. The fourth-order valence-electron chi connectivity index (χ4n) is 1.92. The van der Waals surface area contributed by atoms with Gasteiger partial charge < -0.3 is 5.32 Å². The van der Waals surface area contributed by atoms with Crippen molar-refractivity contribution in [1.29, 1.82) is 0 Å². The standard InChI is InChI=1S/C12H15N/c1-8-5-4-6-11-9(2)7-10(3)13-12(8)11/h4-7,10,13H,1-3H3. The Kier molecular flexibility index (Phi) is 1.87. The van der Waals surface area contributed by atoms with Gasteiger partial charge in [-0.2, -0.15) is 0 Å². The van der Waals surface area contributed by atoms with Crippen LogP contribution in [-0.4, -0.2) is 6.04 Å². The summed E-state index contributed by atoms with van der Waals surface area (Å²) in [5.41, 5.74) is 5.36. The molecule has 1 N–H and O–H groups in total. The monoisotopic (exact) mass is 173 g/mol. The fraction of sp³-hybridized carbons (Fsp3) is 0.333. The smallest absolute Gasteiger partial charge is 0.0450 e. The lowest BCUT2D eigenvalue weighted by Crippen LogP contribution is -2.18. The lowest BCUT2D eigenvalue weighted by atomic mass is 9.96. The molecule has 0 aromatic heterocycles. The Morgan fingerprint density at radius 1 is 1.23 bits per heavy atom. The van der Waals surface area contributed by atoms with Crippen LogP contribution < -0.4 is 5.32 Å². The average molecular weight is 173 g/mol. The Morgan fingerprint density at radius 2 is 2.00 bits per heavy atom. The Bertz CT molecular complexity index is 363. The zero-order valence-electron chi connectivity index (χ0n) is 8.39. The van der Waals surface area contributed by atoms with E-state index in [0.29, 0.717) is 6.04 Å². The topological polar surface area (TPSA) is 12.0 Å². The van der Waals surface area contributed by atoms with Crippen LogP contribution >= 0.6 is 0 Å². The Hall–Kier alpha value is -1.24. The normalized spacial score (nSPS) is 20.2. The molecule has 2 rings (SSSR count). The molecular weight excluding hydrogens is 158 g/mol. The van der Waals surface area contributed by atoms with Crippen LogP contribution in [0.15, 0.2) is 24.3 Å². The quantitative estimate of drug-likeness (QED) is 0.635. The van der Waals surface area contributed by atoms with E-state index in [1.165, 1.54) is 22.4 Å². The zero-order valence-corrected chi connectivity index (χ0v) is 8.39. The van der Waals surface area contributed by atoms with Crippen molar-refractivity contribution in [2.45, 2.75) is 26.8 Å². The molecule has 1 aromatic carbocycles. The van der Waals surface area contributed by atoms with E-state index in [4.69, 9.17) is 0 Å². The summed E-state index contributed by atoms with van der Waals surface area (Å²) >= 11 is 0. The van der Waals surface area contributed by atoms with E-state index in [9.17, 15) is 0 Å². The molecule has 1 atom stereocenters. The van der Waals surface area contributed by atoms with Crippen molar-refractivity contribution in [2.75, 3.05) is 5.32 Å². The van der Waals surface area contributed by atoms with Crippen molar-refractivity contribution in [3.05, 3.63) is 35.4 Å². The van der Waals surface area contributed by atoms with Crippen LogP contribution in [0.3, 0.4) is 0 Å². The van der Waals surface area contributed by atoms with Crippen molar-refractivity contribution in [2.24, 2.45) is 0 Å². The number of rotatable bonds is 0. The second kappa shape index (κ2) is 2.91. The number of benzene rings is 1. The van der Waals surface area contributed by atoms with Gasteiger partial charge in [0.15, 0.2) is 0 Å². The number of anilines is 1. The molecule has 1 aliphatic heterocycles. The summed E-state index contributed by atoms with van der Waals surface area (Å²) in [6.45, 7) is 6.51. The highest BCUT2D eigenvalue weighted by molar-refractivity contribution is 5.80. The molecule has 1 aromatic rings. The maximum absolute atomic E-state index is 3.48. The van der Waals surface area contributed by atoms with Gasteiger partial charge >= 0.3 is 0 Å². The fourth-order valence-corrected chi connectivity index (χ4v) is 1.92. The Balaban J connectivity index is 2.59. The van der Waals surface area contributed by atoms with E-state index >= 15 is 0 Å². The van der Waals surface area contributed by atoms with Gasteiger partial charge in [-0.25, -0.2) is 0 Å². The number of nitrogens with one attached hydrogen (secondary N) is 1. The highest BCUT2D eigenvalue weighted by Gasteiger charge is 2.13. The Morgan fingerprint density at radius 3 is 2.77 bits per heavy atom. The molecule has 0 amide bonds. The lowest BCUT2D eigenvalue weighted by molar-refractivity contribution is 0.979. The van der Waals surface area contributed by atoms with Gasteiger partial charge in [0.1, 0.15) is 0 Å². The number of para-hydroxylation sites is 1. The zero-order chi connectivity index (χ0) is 9.42. The van der Waals surface area contributed by atoms with E-state index in [2.05, 4.69) is 50.4 Å². The van der Waals surface area contributed by atoms with E-state index in [-0.39, 0.29) is 0 Å². The minimum absolute atomic E-state index is 0.452. The van der Waals surface area contributed by atoms with Crippen LogP contribution in [0.25, 0.3) is 5.57 Å². The Labute approximate surface area is 79.5 Å². The molecule has 0 bridgehead atoms. The van der Waals surface area contributed by atoms with Crippen LogP contribution in [0.4, 0.5) is 5.69 Å². The maximum Gasteiger partial charge on any atom is 0.0450 e. The lowest BCUT2D eigenvalue weighted by Gasteiger charge is -2.24. The van der Waals surface area contributed by atoms with Gasteiger partial charge in [0.05, 0.1) is 0 Å². The van der Waals surface area contributed by atoms with Crippen LogP contribution in [0.2, 0.25) is 0 Å². The molecule has 1 heteroatoms. The summed E-state index contributed by atoms with van der Waals surface area (Å²) in [6.07, 6.45) is 2.27. The third-order valence-corrected chi connectivity index (χ3v) is 2.57. The molecule has 1 aliphatic rings. The SMILES string of the molecule is CC1=CC(C)Nc2c(C)cccc21. The average Bonchev–Trinajstić information content (AvgIpc) is 2.07. The molecule has 1 unspecified atom stereocenters. The first kappa shape index (κ1) is 8.36. The summed E-state index contributed by atoms with van der Waals surface area (Å²) in [6, 6.07) is 6.89. The predicted octanol–water partition coefficient (Wildman–Crippen LogP) is 3.21. The van der Waals surface area contributed by atoms with Crippen molar-refractivity contribution in [3.8, 4) is 0 Å². The first-order valence-corrected chi connectivity index (χ1v) is 4.73. The number of fused-ring (bicyclic) bond motifs is 1. The molecule has 1 nitrogen and oxygen atoms in total. The van der Waals surface area contributed by atoms with Gasteiger partial charge in [0.25, 0.3) is 0 Å². The highest BCUT2D eigenvalue weighted by Crippen LogP contribution is 2.31. The van der Waals surface area contributed by atoms with E-state index < -0.39 is 0 Å². The molecule has 0 saturated carbocycles. The highest BCUT2D eigenvalue weighted by atomic mass is 14.9. The summed E-state index contributed by atoms with van der Waals surface area (Å²) in [7, 11) is 0. The van der Waals surface area contributed by atoms with E-state index in [1.54, 1.807) is 0 Å². The third-order valence-electron chi connectivity index (χ3n) is 2.57. The second-order valence-corrected chi connectivity index (χ2v) is 3.78. The van der Waals surface area contributed by atoms with Crippen molar-refractivity contribution >= 4 is 11.3 Å². The molecular formula is C12H15N. The summed E-state index contributed by atoms with van der Waals surface area (Å²) < 4.78 is 0. The van der Waals surface area contributed by atoms with Gasteiger partial charge in [-0.05, 0) is 31.9 Å². The molecule has 0 spiro atoms. The molecule has 0 saturated heterocycles. The van der Waals surface area contributed by atoms with E-state index in [0.717, 1.165) is 0 Å². The first-order chi connectivity index (χ1) is 6.18. The number of hydrogen-bond donors (Lipinski definition) is 1. The molecule has 68 valence electrons. The minimum Gasteiger partial charge on any atom is -0.378 e. The van der Waals surface area contributed by atoms with Crippen LogP contribution in [-0.2, 0) is 0 Å². The molecule has 0 radical (unpaired) electrons. The minimum atomic E-state index is 0.452. The summed E-state index contributed by atoms with van der Waals surface area (Å²) in [4.78, 5) is 0. The maximum atomic E-state index is 3.48. The van der Waals surface area contributed by atoms with Crippen LogP contribution in [0.1, 0.15) is 25.0 Å². The van der Waals surface area contributed by atoms with Crippen LogP contribution in [0.5, 0.6) is 0 Å². The van der Waals surface area contributed by atoms with Gasteiger partial charge in [-0.15, -0.1) is 0 Å². The van der Waals surface area contributed by atoms with Gasteiger partial charge in [-0.3, -0.25) is 0 Å². The molecule has 1 heterocycles. The molecule has 0 aliphatic carbocycles. The van der Waals surface area contributed by atoms with Crippen LogP contribution in [0, 0.1) is 6.92 Å². The first-order valence-electron chi connectivity index (χ1n) is 4.73. The van der Waals surface area contributed by atoms with E-state index in [1.807, 2.05) is 0 Å². The van der Waals surface area contributed by atoms with Crippen molar-refractivity contribution < 1.29 is 0 Å². The predicted molar refractivity (Wildman–Crippen MR) is 57.9 cm³/mol. The van der Waals surface area contributed by atoms with Crippen molar-refractivity contribution in [1.82, 2.24) is 0 Å². The number of allylic oxidation sites excluding steroid dienone is 1. The largest absolute Gasteiger partial charge is 0.378 e. The molecule has 0 fully saturated rings. The molecule has 13 heavy (non-hydrogen) atoms. The summed E-state index contributed by atoms with van der Waals surface area (Å²) in [5.74, 6) is 0. The number of hydrogen-bond acceptors (Lipinski definition) is 1. The van der Waals surface area contributed by atoms with Crippen molar-refractivity contribution in [3.63, 3.8) is 0 Å². The summed E-state index contributed by atoms with van der Waals surface area (Å²) in [5, 5.41) is 3.48. The van der Waals surface area contributed by atoms with Gasteiger partial charge in [0.2, 0.25) is 0 Å². The van der Waals surface area contributed by atoms with Gasteiger partial charge in [-0.1, -0.05) is 24.3 Å². The second-order valence-electron chi connectivity index (χ2n) is 3.78. The van der Waals surface area contributed by atoms with Gasteiger partial charge in [0, 0.05) is 17.3 Å². The number of aryl methyl sites for hydroxylation is 1.